The number of amides is 1. The van der Waals surface area contributed by atoms with Gasteiger partial charge in [0.1, 0.15) is 0 Å². The second-order valence-electron chi connectivity index (χ2n) is 4.76. The molecule has 0 heterocycles. The number of nitriles is 1. The summed E-state index contributed by atoms with van der Waals surface area (Å²) < 4.78 is 0. The molecule has 0 aliphatic carbocycles. The number of hydrogen-bond donors (Lipinski definition) is 2. The lowest BCUT2D eigenvalue weighted by molar-refractivity contribution is -0.117. The molecule has 0 aliphatic rings. The summed E-state index contributed by atoms with van der Waals surface area (Å²) in [6.07, 6.45) is 2.75. The number of rotatable bonds is 8. The van der Waals surface area contributed by atoms with Crippen LogP contribution in [0.3, 0.4) is 0 Å². The Bertz CT molecular complexity index is 451. The molecule has 1 aromatic rings. The molecule has 0 bridgehead atoms. The highest BCUT2D eigenvalue weighted by Gasteiger charge is 2.06. The summed E-state index contributed by atoms with van der Waals surface area (Å²) in [6, 6.07) is 8.82. The molecule has 0 aromatic heterocycles. The molecule has 0 spiro atoms. The van der Waals surface area contributed by atoms with Gasteiger partial charge >= 0.3 is 0 Å². The molecule has 1 amide bonds. The average molecular weight is 275 g/mol. The van der Waals surface area contributed by atoms with E-state index in [0.717, 1.165) is 25.8 Å². The molecular formula is C15H21N3O2. The van der Waals surface area contributed by atoms with Gasteiger partial charge in [0.2, 0.25) is 5.91 Å². The largest absolute Gasteiger partial charge is 0.396 e. The molecule has 5 heteroatoms. The van der Waals surface area contributed by atoms with Gasteiger partial charge in [0.15, 0.2) is 0 Å². The highest BCUT2D eigenvalue weighted by atomic mass is 16.2. The van der Waals surface area contributed by atoms with Gasteiger partial charge in [-0.2, -0.15) is 5.26 Å². The summed E-state index contributed by atoms with van der Waals surface area (Å²) in [5.41, 5.74) is 1.27. The van der Waals surface area contributed by atoms with E-state index in [1.54, 1.807) is 24.3 Å². The van der Waals surface area contributed by atoms with Crippen molar-refractivity contribution in [1.29, 1.82) is 5.26 Å². The van der Waals surface area contributed by atoms with Crippen molar-refractivity contribution in [3.63, 3.8) is 0 Å². The number of benzene rings is 1. The fourth-order valence-corrected chi connectivity index (χ4v) is 1.82. The first-order valence-electron chi connectivity index (χ1n) is 6.75. The third-order valence-electron chi connectivity index (χ3n) is 2.91. The minimum atomic E-state index is -0.0700. The highest BCUT2D eigenvalue weighted by molar-refractivity contribution is 5.92. The molecule has 0 radical (unpaired) electrons. The van der Waals surface area contributed by atoms with E-state index in [-0.39, 0.29) is 12.5 Å². The van der Waals surface area contributed by atoms with Gasteiger partial charge in [-0.3, -0.25) is 9.69 Å². The number of hydrogen-bond acceptors (Lipinski definition) is 4. The van der Waals surface area contributed by atoms with Crippen molar-refractivity contribution in [2.75, 3.05) is 32.1 Å². The van der Waals surface area contributed by atoms with Gasteiger partial charge in [0.25, 0.3) is 0 Å². The molecule has 0 saturated heterocycles. The van der Waals surface area contributed by atoms with Crippen LogP contribution < -0.4 is 5.32 Å². The first kappa shape index (κ1) is 16.2. The summed E-state index contributed by atoms with van der Waals surface area (Å²) in [5.74, 6) is -0.0700. The minimum absolute atomic E-state index is 0.0700. The molecule has 0 unspecified atom stereocenters. The lowest BCUT2D eigenvalue weighted by Crippen LogP contribution is -2.30. The van der Waals surface area contributed by atoms with Crippen LogP contribution in [0.25, 0.3) is 0 Å². The number of unbranched alkanes of at least 4 members (excludes halogenated alkanes) is 2. The first-order chi connectivity index (χ1) is 9.65. The summed E-state index contributed by atoms with van der Waals surface area (Å²) in [6.45, 7) is 1.39. The fourth-order valence-electron chi connectivity index (χ4n) is 1.82. The fraction of sp³-hybridized carbons (Fsp3) is 0.467. The maximum Gasteiger partial charge on any atom is 0.238 e. The zero-order valence-electron chi connectivity index (χ0n) is 11.8. The molecule has 1 rings (SSSR count). The van der Waals surface area contributed by atoms with E-state index in [1.165, 1.54) is 0 Å². The summed E-state index contributed by atoms with van der Waals surface area (Å²) in [7, 11) is 1.90. The van der Waals surface area contributed by atoms with Crippen LogP contribution in [0.1, 0.15) is 24.8 Å². The van der Waals surface area contributed by atoms with E-state index in [9.17, 15) is 4.79 Å². The van der Waals surface area contributed by atoms with Crippen molar-refractivity contribution in [1.82, 2.24) is 4.90 Å². The predicted molar refractivity (Wildman–Crippen MR) is 78.2 cm³/mol. The van der Waals surface area contributed by atoms with Crippen molar-refractivity contribution in [3.8, 4) is 6.07 Å². The monoisotopic (exact) mass is 275 g/mol. The Labute approximate surface area is 119 Å². The lowest BCUT2D eigenvalue weighted by atomic mass is 10.2. The average Bonchev–Trinajstić information content (AvgIpc) is 2.44. The normalized spacial score (nSPS) is 10.3. The van der Waals surface area contributed by atoms with E-state index < -0.39 is 0 Å². The van der Waals surface area contributed by atoms with Crippen LogP contribution in [0, 0.1) is 11.3 Å². The Hall–Kier alpha value is -1.90. The smallest absolute Gasteiger partial charge is 0.238 e. The SMILES string of the molecule is CN(CCCCCO)CC(=O)Nc1ccc(C#N)cc1. The van der Waals surface area contributed by atoms with Gasteiger partial charge in [0, 0.05) is 12.3 Å². The predicted octanol–water partition coefficient (Wildman–Crippen LogP) is 1.59. The third-order valence-corrected chi connectivity index (χ3v) is 2.91. The van der Waals surface area contributed by atoms with E-state index >= 15 is 0 Å². The standard InChI is InChI=1S/C15H21N3O2/c1-18(9-3-2-4-10-19)12-15(20)17-14-7-5-13(11-16)6-8-14/h5-8,19H,2-4,9-10,12H2,1H3,(H,17,20). The number of aliphatic hydroxyl groups excluding tert-OH is 1. The number of carbonyl (C=O) groups is 1. The van der Waals surface area contributed by atoms with Crippen LogP contribution in [0.5, 0.6) is 0 Å². The van der Waals surface area contributed by atoms with Gasteiger partial charge in [-0.05, 0) is 57.1 Å². The van der Waals surface area contributed by atoms with Gasteiger partial charge in [-0.1, -0.05) is 0 Å². The van der Waals surface area contributed by atoms with Crippen molar-refractivity contribution in [2.24, 2.45) is 0 Å². The third kappa shape index (κ3) is 6.32. The Morgan fingerprint density at radius 1 is 1.30 bits per heavy atom. The Morgan fingerprint density at radius 2 is 2.00 bits per heavy atom. The van der Waals surface area contributed by atoms with Gasteiger partial charge in [-0.15, -0.1) is 0 Å². The Balaban J connectivity index is 2.29. The number of nitrogens with one attached hydrogen (secondary N) is 1. The van der Waals surface area contributed by atoms with Crippen LogP contribution in [0.4, 0.5) is 5.69 Å². The molecule has 5 nitrogen and oxygen atoms in total. The molecular weight excluding hydrogens is 254 g/mol. The van der Waals surface area contributed by atoms with Crippen LogP contribution in [-0.2, 0) is 4.79 Å². The minimum Gasteiger partial charge on any atom is -0.396 e. The zero-order valence-corrected chi connectivity index (χ0v) is 11.8. The quantitative estimate of drug-likeness (QED) is 0.706. The number of likely N-dealkylation sites (N-methyl/N-ethyl adjacent to an activating group) is 1. The summed E-state index contributed by atoms with van der Waals surface area (Å²) in [4.78, 5) is 13.8. The van der Waals surface area contributed by atoms with E-state index in [4.69, 9.17) is 10.4 Å². The van der Waals surface area contributed by atoms with Crippen molar-refractivity contribution >= 4 is 11.6 Å². The molecule has 0 atom stereocenters. The molecule has 0 fully saturated rings. The molecule has 1 aromatic carbocycles. The summed E-state index contributed by atoms with van der Waals surface area (Å²) >= 11 is 0. The molecule has 2 N–H and O–H groups in total. The number of aliphatic hydroxyl groups is 1. The van der Waals surface area contributed by atoms with Crippen molar-refractivity contribution in [2.45, 2.75) is 19.3 Å². The highest BCUT2D eigenvalue weighted by Crippen LogP contribution is 2.08. The van der Waals surface area contributed by atoms with E-state index in [1.807, 2.05) is 18.0 Å². The Kier molecular flexibility index (Phi) is 7.33. The lowest BCUT2D eigenvalue weighted by Gasteiger charge is -2.16. The Morgan fingerprint density at radius 3 is 2.60 bits per heavy atom. The zero-order chi connectivity index (χ0) is 14.8. The maximum absolute atomic E-state index is 11.8. The van der Waals surface area contributed by atoms with Gasteiger partial charge in [0.05, 0.1) is 18.2 Å². The number of nitrogens with zero attached hydrogens (tertiary/aromatic N) is 2. The molecule has 0 aliphatic heterocycles. The molecule has 108 valence electrons. The second kappa shape index (κ2) is 9.08. The van der Waals surface area contributed by atoms with Gasteiger partial charge in [-0.25, -0.2) is 0 Å². The first-order valence-corrected chi connectivity index (χ1v) is 6.75. The van der Waals surface area contributed by atoms with Crippen molar-refractivity contribution in [3.05, 3.63) is 29.8 Å². The number of anilines is 1. The number of carbonyl (C=O) groups excluding carboxylic acids is 1. The van der Waals surface area contributed by atoms with Gasteiger partial charge < -0.3 is 10.4 Å². The maximum atomic E-state index is 11.8. The van der Waals surface area contributed by atoms with Crippen LogP contribution in [-0.4, -0.2) is 42.7 Å². The van der Waals surface area contributed by atoms with Crippen LogP contribution in [0.2, 0.25) is 0 Å². The van der Waals surface area contributed by atoms with E-state index in [0.29, 0.717) is 17.8 Å². The van der Waals surface area contributed by atoms with Crippen LogP contribution in [0.15, 0.2) is 24.3 Å². The van der Waals surface area contributed by atoms with Crippen molar-refractivity contribution < 1.29 is 9.90 Å². The second-order valence-corrected chi connectivity index (χ2v) is 4.76. The van der Waals surface area contributed by atoms with E-state index in [2.05, 4.69) is 5.32 Å². The molecule has 0 saturated carbocycles. The van der Waals surface area contributed by atoms with Crippen LogP contribution >= 0.6 is 0 Å². The summed E-state index contributed by atoms with van der Waals surface area (Å²) in [5, 5.41) is 20.2. The topological polar surface area (TPSA) is 76.4 Å². The molecule has 20 heavy (non-hydrogen) atoms.